The van der Waals surface area contributed by atoms with Gasteiger partial charge in [-0.15, -0.1) is 0 Å². The van der Waals surface area contributed by atoms with Crippen molar-refractivity contribution >= 4 is 17.5 Å². The molecule has 0 atom stereocenters. The second kappa shape index (κ2) is 12.2. The molecule has 1 saturated heterocycles. The number of halogens is 4. The number of carboxylic acids is 1. The fourth-order valence-corrected chi connectivity index (χ4v) is 3.40. The lowest BCUT2D eigenvalue weighted by Crippen LogP contribution is -2.30. The minimum atomic E-state index is -5.08. The number of morpholine rings is 1. The lowest BCUT2D eigenvalue weighted by molar-refractivity contribution is -0.192. The summed E-state index contributed by atoms with van der Waals surface area (Å²) in [5, 5.41) is 19.9. The van der Waals surface area contributed by atoms with Gasteiger partial charge in [0.25, 0.3) is 0 Å². The number of hydrogen-bond donors (Lipinski definition) is 3. The predicted octanol–water partition coefficient (Wildman–Crippen LogP) is 3.32. The van der Waals surface area contributed by atoms with Gasteiger partial charge in [-0.25, -0.2) is 19.2 Å². The summed E-state index contributed by atoms with van der Waals surface area (Å²) in [5.41, 5.74) is 3.42. The minimum absolute atomic E-state index is 0.376. The third kappa shape index (κ3) is 7.09. The van der Waals surface area contributed by atoms with Crippen LogP contribution in [0.5, 0.6) is 5.75 Å². The van der Waals surface area contributed by atoms with E-state index in [9.17, 15) is 22.7 Å². The molecule has 2 aliphatic heterocycles. The molecular formula is C23H23F4N5O4. The Bertz CT molecular complexity index is 1150. The molecule has 0 bridgehead atoms. The number of phenols is 1. The first kappa shape index (κ1) is 26.8. The van der Waals surface area contributed by atoms with Gasteiger partial charge in [-0.05, 0) is 36.8 Å². The molecule has 1 aromatic carbocycles. The highest BCUT2D eigenvalue weighted by Crippen LogP contribution is 2.37. The molecule has 0 unspecified atom stereocenters. The van der Waals surface area contributed by atoms with Crippen molar-refractivity contribution in [2.45, 2.75) is 12.6 Å². The minimum Gasteiger partial charge on any atom is -0.505 e. The van der Waals surface area contributed by atoms with Crippen LogP contribution in [0, 0.1) is 5.82 Å². The molecule has 3 aromatic rings. The van der Waals surface area contributed by atoms with Crippen molar-refractivity contribution in [3.63, 3.8) is 0 Å². The van der Waals surface area contributed by atoms with E-state index in [1.807, 2.05) is 12.1 Å². The number of aromatic nitrogens is 3. The summed E-state index contributed by atoms with van der Waals surface area (Å²) >= 11 is 0. The van der Waals surface area contributed by atoms with Gasteiger partial charge in [-0.1, -0.05) is 0 Å². The molecule has 0 spiro atoms. The number of carboxylic acid groups (broad SMARTS) is 1. The first-order valence-corrected chi connectivity index (χ1v) is 10.8. The number of rotatable bonds is 2. The van der Waals surface area contributed by atoms with Crippen LogP contribution < -0.4 is 10.2 Å². The molecule has 13 heteroatoms. The van der Waals surface area contributed by atoms with Gasteiger partial charge in [0.05, 0.1) is 18.9 Å². The fourth-order valence-electron chi connectivity index (χ4n) is 3.40. The number of hydrogen-bond acceptors (Lipinski definition) is 8. The average Bonchev–Trinajstić information content (AvgIpc) is 3.32. The van der Waals surface area contributed by atoms with E-state index in [0.717, 1.165) is 62.0 Å². The maximum atomic E-state index is 13.3. The van der Waals surface area contributed by atoms with Crippen LogP contribution in [0.2, 0.25) is 0 Å². The molecule has 36 heavy (non-hydrogen) atoms. The van der Waals surface area contributed by atoms with E-state index in [2.05, 4.69) is 25.2 Å². The Kier molecular flexibility index (Phi) is 9.08. The second-order valence-electron chi connectivity index (χ2n) is 7.46. The van der Waals surface area contributed by atoms with E-state index in [0.29, 0.717) is 5.56 Å². The van der Waals surface area contributed by atoms with Crippen molar-refractivity contribution in [1.82, 2.24) is 20.3 Å². The molecule has 0 radical (unpaired) electrons. The van der Waals surface area contributed by atoms with Gasteiger partial charge in [0.15, 0.2) is 11.6 Å². The number of fused-ring (bicyclic) bond motifs is 1. The number of nitrogens with one attached hydrogen (secondary N) is 1. The molecule has 5 rings (SSSR count). The van der Waals surface area contributed by atoms with E-state index in [-0.39, 0.29) is 5.75 Å². The zero-order valence-corrected chi connectivity index (χ0v) is 18.9. The Morgan fingerprint density at radius 1 is 1.08 bits per heavy atom. The third-order valence-corrected chi connectivity index (χ3v) is 5.05. The molecule has 2 aromatic heterocycles. The molecule has 2 aliphatic rings. The molecule has 4 heterocycles. The summed E-state index contributed by atoms with van der Waals surface area (Å²) in [5.74, 6) is -2.94. The van der Waals surface area contributed by atoms with Crippen LogP contribution in [0.15, 0.2) is 49.1 Å². The Balaban J connectivity index is 0.000000229. The Morgan fingerprint density at radius 3 is 2.28 bits per heavy atom. The summed E-state index contributed by atoms with van der Waals surface area (Å²) in [7, 11) is 0. The van der Waals surface area contributed by atoms with E-state index in [1.54, 1.807) is 18.5 Å². The van der Waals surface area contributed by atoms with E-state index < -0.39 is 18.0 Å². The highest BCUT2D eigenvalue weighted by atomic mass is 19.4. The summed E-state index contributed by atoms with van der Waals surface area (Å²) in [6.07, 6.45) is 0.681. The normalized spacial score (nSPS) is 14.6. The average molecular weight is 509 g/mol. The third-order valence-electron chi connectivity index (χ3n) is 5.05. The van der Waals surface area contributed by atoms with Crippen molar-refractivity contribution < 1.29 is 37.3 Å². The molecule has 9 nitrogen and oxygen atoms in total. The Morgan fingerprint density at radius 2 is 1.75 bits per heavy atom. The van der Waals surface area contributed by atoms with Crippen molar-refractivity contribution in [1.29, 1.82) is 0 Å². The van der Waals surface area contributed by atoms with Crippen LogP contribution >= 0.6 is 0 Å². The van der Waals surface area contributed by atoms with Crippen LogP contribution in [0.3, 0.4) is 0 Å². The summed E-state index contributed by atoms with van der Waals surface area (Å²) in [4.78, 5) is 23.8. The molecular weight excluding hydrogens is 486 g/mol. The quantitative estimate of drug-likeness (QED) is 0.447. The second-order valence-corrected chi connectivity index (χ2v) is 7.46. The number of phenolic OH excluding ortho intramolecular Hbond substituents is 1. The van der Waals surface area contributed by atoms with Gasteiger partial charge in [0, 0.05) is 48.8 Å². The maximum Gasteiger partial charge on any atom is 0.490 e. The topological polar surface area (TPSA) is 121 Å². The number of pyridine rings is 1. The summed E-state index contributed by atoms with van der Waals surface area (Å²) in [6, 6.07) is 8.12. The highest BCUT2D eigenvalue weighted by Gasteiger charge is 2.38. The largest absolute Gasteiger partial charge is 0.505 e. The van der Waals surface area contributed by atoms with Gasteiger partial charge >= 0.3 is 12.1 Å². The van der Waals surface area contributed by atoms with E-state index in [1.165, 1.54) is 18.5 Å². The molecule has 3 N–H and O–H groups in total. The maximum absolute atomic E-state index is 13.3. The molecule has 1 fully saturated rings. The summed E-state index contributed by atoms with van der Waals surface area (Å²) in [6.45, 7) is 4.62. The van der Waals surface area contributed by atoms with Gasteiger partial charge in [-0.2, -0.15) is 13.2 Å². The number of carbonyl (C=O) groups is 1. The van der Waals surface area contributed by atoms with E-state index >= 15 is 0 Å². The Hall–Kier alpha value is -3.84. The van der Waals surface area contributed by atoms with Crippen molar-refractivity contribution in [2.75, 3.05) is 37.7 Å². The van der Waals surface area contributed by atoms with Gasteiger partial charge in [-0.3, -0.25) is 4.98 Å². The van der Waals surface area contributed by atoms with Crippen LogP contribution in [0.25, 0.3) is 11.3 Å². The lowest BCUT2D eigenvalue weighted by atomic mass is 10.1. The summed E-state index contributed by atoms with van der Waals surface area (Å²) < 4.78 is 50.0. The van der Waals surface area contributed by atoms with E-state index in [4.69, 9.17) is 14.6 Å². The monoisotopic (exact) mass is 509 g/mol. The number of aromatic hydroxyl groups is 1. The Labute approximate surface area is 203 Å². The first-order valence-electron chi connectivity index (χ1n) is 10.8. The van der Waals surface area contributed by atoms with Crippen LogP contribution in [-0.2, 0) is 16.0 Å². The van der Waals surface area contributed by atoms with Crippen LogP contribution in [0.4, 0.5) is 29.1 Å². The molecule has 0 amide bonds. The lowest BCUT2D eigenvalue weighted by Gasteiger charge is -2.18. The van der Waals surface area contributed by atoms with Crippen LogP contribution in [-0.4, -0.2) is 70.2 Å². The highest BCUT2D eigenvalue weighted by molar-refractivity contribution is 5.75. The smallest absolute Gasteiger partial charge is 0.490 e. The number of anilines is 2. The first-order chi connectivity index (χ1) is 17.2. The standard InChI is InChI=1S/C17H13FN4O.C4H9NO.C2HF3O2/c18-14-2-1-11(9-15(14)23)16-13-5-8-22(17(13)21-10-20-16)12-3-6-19-7-4-12;1-3-6-4-2-5-1;3-2(4,5)1(6)7/h1-4,6-7,9-10,23H,5,8H2;5H,1-4H2;(H,6,7). The SMILES string of the molecule is C1COCCN1.O=C(O)C(F)(F)F.Oc1cc(-c2ncnc3c2CCN3c2ccncc2)ccc1F. The van der Waals surface area contributed by atoms with Crippen molar-refractivity contribution in [2.24, 2.45) is 0 Å². The molecule has 0 aliphatic carbocycles. The van der Waals surface area contributed by atoms with Gasteiger partial charge in [0.2, 0.25) is 0 Å². The fraction of sp³-hybridized carbons (Fsp3) is 0.304. The number of benzene rings is 1. The molecule has 0 saturated carbocycles. The van der Waals surface area contributed by atoms with Crippen molar-refractivity contribution in [3.05, 3.63) is 60.4 Å². The van der Waals surface area contributed by atoms with Crippen LogP contribution in [0.1, 0.15) is 5.56 Å². The van der Waals surface area contributed by atoms with Crippen molar-refractivity contribution in [3.8, 4) is 17.0 Å². The predicted molar refractivity (Wildman–Crippen MR) is 121 cm³/mol. The molecule has 192 valence electrons. The van der Waals surface area contributed by atoms with Gasteiger partial charge < -0.3 is 25.2 Å². The van der Waals surface area contributed by atoms with Gasteiger partial charge in [0.1, 0.15) is 12.1 Å². The zero-order chi connectivity index (χ0) is 26.1. The number of aliphatic carboxylic acids is 1. The number of nitrogens with zero attached hydrogens (tertiary/aromatic N) is 4. The zero-order valence-electron chi connectivity index (χ0n) is 18.9. The number of ether oxygens (including phenoxy) is 1. The number of alkyl halides is 3.